The molecule has 0 unspecified atom stereocenters. The zero-order valence-corrected chi connectivity index (χ0v) is 9.38. The number of hydrogen-bond donors (Lipinski definition) is 1. The maximum Gasteiger partial charge on any atom is 0.223 e. The first-order chi connectivity index (χ1) is 6.74. The van der Waals surface area contributed by atoms with Gasteiger partial charge in [0.05, 0.1) is 0 Å². The molecule has 1 aliphatic heterocycles. The van der Waals surface area contributed by atoms with Crippen LogP contribution in [0, 0.1) is 5.92 Å². The van der Waals surface area contributed by atoms with E-state index in [1.807, 2.05) is 4.90 Å². The quantitative estimate of drug-likeness (QED) is 0.689. The first-order valence-corrected chi connectivity index (χ1v) is 5.72. The van der Waals surface area contributed by atoms with Gasteiger partial charge in [-0.3, -0.25) is 4.79 Å². The van der Waals surface area contributed by atoms with Crippen molar-refractivity contribution in [3.63, 3.8) is 0 Å². The molecule has 0 aromatic rings. The van der Waals surface area contributed by atoms with E-state index in [-0.39, 0.29) is 0 Å². The average Bonchev–Trinajstić information content (AvgIpc) is 2.19. The van der Waals surface area contributed by atoms with E-state index >= 15 is 0 Å². The lowest BCUT2D eigenvalue weighted by atomic mass is 9.99. The molecule has 0 spiro atoms. The summed E-state index contributed by atoms with van der Waals surface area (Å²) in [7, 11) is 0. The van der Waals surface area contributed by atoms with E-state index in [1.54, 1.807) is 0 Å². The molecule has 82 valence electrons. The molecule has 1 fully saturated rings. The molecule has 14 heavy (non-hydrogen) atoms. The lowest BCUT2D eigenvalue weighted by Gasteiger charge is -2.30. The number of amides is 1. The molecular weight excluding hydrogens is 176 g/mol. The van der Waals surface area contributed by atoms with Crippen LogP contribution in [0.25, 0.3) is 0 Å². The molecule has 0 atom stereocenters. The van der Waals surface area contributed by atoms with Gasteiger partial charge in [-0.15, -0.1) is 0 Å². The molecular formula is C11H22N2O. The van der Waals surface area contributed by atoms with Crippen molar-refractivity contribution in [2.45, 2.75) is 33.1 Å². The molecule has 0 radical (unpaired) electrons. The summed E-state index contributed by atoms with van der Waals surface area (Å²) >= 11 is 0. The summed E-state index contributed by atoms with van der Waals surface area (Å²) in [6.45, 7) is 8.03. The predicted octanol–water partition coefficient (Wildman–Crippen LogP) is 1.24. The van der Waals surface area contributed by atoms with E-state index in [9.17, 15) is 4.79 Å². The molecule has 0 aliphatic carbocycles. The second-order valence-corrected chi connectivity index (χ2v) is 4.17. The minimum absolute atomic E-state index is 0.317. The Hall–Kier alpha value is -0.570. The van der Waals surface area contributed by atoms with E-state index in [0.29, 0.717) is 12.3 Å². The van der Waals surface area contributed by atoms with Crippen LogP contribution in [0.3, 0.4) is 0 Å². The highest BCUT2D eigenvalue weighted by Gasteiger charge is 2.19. The van der Waals surface area contributed by atoms with Crippen LogP contribution in [0.4, 0.5) is 0 Å². The molecule has 3 nitrogen and oxygen atoms in total. The molecule has 1 aliphatic rings. The largest absolute Gasteiger partial charge is 0.343 e. The van der Waals surface area contributed by atoms with Crippen LogP contribution in [-0.2, 0) is 4.79 Å². The number of carbonyl (C=O) groups excluding carboxylic acids is 1. The van der Waals surface area contributed by atoms with Crippen molar-refractivity contribution in [1.82, 2.24) is 10.2 Å². The maximum absolute atomic E-state index is 11.7. The average molecular weight is 198 g/mol. The van der Waals surface area contributed by atoms with Gasteiger partial charge in [0.1, 0.15) is 0 Å². The Morgan fingerprint density at radius 1 is 1.43 bits per heavy atom. The predicted molar refractivity (Wildman–Crippen MR) is 58.1 cm³/mol. The van der Waals surface area contributed by atoms with Gasteiger partial charge in [0.25, 0.3) is 0 Å². The second-order valence-electron chi connectivity index (χ2n) is 4.17. The number of rotatable bonds is 4. The van der Waals surface area contributed by atoms with Gasteiger partial charge in [-0.2, -0.15) is 0 Å². The Bertz CT molecular complexity index is 174. The van der Waals surface area contributed by atoms with E-state index in [4.69, 9.17) is 0 Å². The number of carbonyl (C=O) groups is 1. The monoisotopic (exact) mass is 198 g/mol. The Morgan fingerprint density at radius 3 is 2.64 bits per heavy atom. The highest BCUT2D eigenvalue weighted by molar-refractivity contribution is 5.76. The topological polar surface area (TPSA) is 32.3 Å². The summed E-state index contributed by atoms with van der Waals surface area (Å²) in [4.78, 5) is 13.7. The van der Waals surface area contributed by atoms with Crippen LogP contribution >= 0.6 is 0 Å². The van der Waals surface area contributed by atoms with Gasteiger partial charge < -0.3 is 10.2 Å². The smallest absolute Gasteiger partial charge is 0.223 e. The highest BCUT2D eigenvalue weighted by Crippen LogP contribution is 2.16. The summed E-state index contributed by atoms with van der Waals surface area (Å²) < 4.78 is 0. The van der Waals surface area contributed by atoms with Crippen molar-refractivity contribution in [2.75, 3.05) is 26.2 Å². The number of piperidine rings is 1. The number of likely N-dealkylation sites (tertiary alicyclic amines) is 1. The summed E-state index contributed by atoms with van der Waals surface area (Å²) in [5.74, 6) is 1.12. The van der Waals surface area contributed by atoms with Gasteiger partial charge in [-0.25, -0.2) is 0 Å². The Kier molecular flexibility index (Phi) is 4.94. The van der Waals surface area contributed by atoms with Crippen LogP contribution in [-0.4, -0.2) is 37.0 Å². The van der Waals surface area contributed by atoms with Gasteiger partial charge in [0.2, 0.25) is 5.91 Å². The first kappa shape index (κ1) is 11.5. The third-order valence-corrected chi connectivity index (χ3v) is 2.90. The minimum atomic E-state index is 0.317. The van der Waals surface area contributed by atoms with Crippen molar-refractivity contribution < 1.29 is 4.79 Å². The van der Waals surface area contributed by atoms with Crippen LogP contribution in [0.15, 0.2) is 0 Å². The summed E-state index contributed by atoms with van der Waals surface area (Å²) in [5.41, 5.74) is 0. The fourth-order valence-electron chi connectivity index (χ4n) is 1.79. The van der Waals surface area contributed by atoms with Crippen LogP contribution in [0.2, 0.25) is 0 Å². The maximum atomic E-state index is 11.7. The second kappa shape index (κ2) is 6.02. The minimum Gasteiger partial charge on any atom is -0.343 e. The van der Waals surface area contributed by atoms with Crippen molar-refractivity contribution in [1.29, 1.82) is 0 Å². The van der Waals surface area contributed by atoms with Gasteiger partial charge in [0.15, 0.2) is 0 Å². The molecule has 1 heterocycles. The van der Waals surface area contributed by atoms with E-state index in [2.05, 4.69) is 19.2 Å². The van der Waals surface area contributed by atoms with Crippen LogP contribution in [0.1, 0.15) is 33.1 Å². The Labute approximate surface area is 86.9 Å². The zero-order chi connectivity index (χ0) is 10.4. The van der Waals surface area contributed by atoms with Crippen molar-refractivity contribution in [2.24, 2.45) is 5.92 Å². The Balaban J connectivity index is 2.17. The fourth-order valence-corrected chi connectivity index (χ4v) is 1.79. The summed E-state index contributed by atoms with van der Waals surface area (Å²) in [6, 6.07) is 0. The zero-order valence-electron chi connectivity index (χ0n) is 9.38. The lowest BCUT2D eigenvalue weighted by molar-refractivity contribution is -0.132. The third kappa shape index (κ3) is 3.66. The summed E-state index contributed by atoms with van der Waals surface area (Å²) in [5, 5.41) is 3.18. The summed E-state index contributed by atoms with van der Waals surface area (Å²) in [6.07, 6.45) is 3.00. The molecule has 0 saturated carbocycles. The van der Waals surface area contributed by atoms with E-state index in [0.717, 1.165) is 32.1 Å². The van der Waals surface area contributed by atoms with Gasteiger partial charge in [0, 0.05) is 26.1 Å². The first-order valence-electron chi connectivity index (χ1n) is 5.72. The standard InChI is InChI=1S/C11H22N2O/c1-3-12-7-4-11(14)13-8-5-10(2)6-9-13/h10,12H,3-9H2,1-2H3. The van der Waals surface area contributed by atoms with Crippen LogP contribution in [0.5, 0.6) is 0 Å². The van der Waals surface area contributed by atoms with Gasteiger partial charge in [-0.1, -0.05) is 13.8 Å². The molecule has 1 N–H and O–H groups in total. The van der Waals surface area contributed by atoms with Crippen molar-refractivity contribution in [3.05, 3.63) is 0 Å². The van der Waals surface area contributed by atoms with Crippen molar-refractivity contribution in [3.8, 4) is 0 Å². The molecule has 0 aromatic carbocycles. The number of hydrogen-bond acceptors (Lipinski definition) is 2. The molecule has 1 rings (SSSR count). The molecule has 1 amide bonds. The Morgan fingerprint density at radius 2 is 2.07 bits per heavy atom. The van der Waals surface area contributed by atoms with E-state index in [1.165, 1.54) is 12.8 Å². The molecule has 0 bridgehead atoms. The van der Waals surface area contributed by atoms with Gasteiger partial charge >= 0.3 is 0 Å². The fraction of sp³-hybridized carbons (Fsp3) is 0.909. The number of nitrogens with one attached hydrogen (secondary N) is 1. The normalized spacial score (nSPS) is 18.6. The number of nitrogens with zero attached hydrogens (tertiary/aromatic N) is 1. The lowest BCUT2D eigenvalue weighted by Crippen LogP contribution is -2.39. The highest BCUT2D eigenvalue weighted by atomic mass is 16.2. The van der Waals surface area contributed by atoms with Crippen molar-refractivity contribution >= 4 is 5.91 Å². The third-order valence-electron chi connectivity index (χ3n) is 2.90. The molecule has 3 heteroatoms. The molecule has 0 aromatic heterocycles. The SMILES string of the molecule is CCNCCC(=O)N1CCC(C)CC1. The van der Waals surface area contributed by atoms with E-state index < -0.39 is 0 Å². The van der Waals surface area contributed by atoms with Gasteiger partial charge in [-0.05, 0) is 25.3 Å². The molecule has 1 saturated heterocycles. The van der Waals surface area contributed by atoms with Crippen LogP contribution < -0.4 is 5.32 Å².